The summed E-state index contributed by atoms with van der Waals surface area (Å²) in [4.78, 5) is 12.1. The molecule has 0 amide bonds. The Morgan fingerprint density at radius 3 is 2.14 bits per heavy atom. The van der Waals surface area contributed by atoms with Crippen molar-refractivity contribution in [2.24, 2.45) is 0 Å². The van der Waals surface area contributed by atoms with E-state index >= 15 is 0 Å². The first-order valence-electron chi connectivity index (χ1n) is 8.80. The summed E-state index contributed by atoms with van der Waals surface area (Å²) in [6.07, 6.45) is 0. The maximum absolute atomic E-state index is 12.8. The van der Waals surface area contributed by atoms with Crippen molar-refractivity contribution in [3.05, 3.63) is 77.9 Å². The molecule has 0 spiro atoms. The van der Waals surface area contributed by atoms with Crippen LogP contribution < -0.4 is 9.46 Å². The summed E-state index contributed by atoms with van der Waals surface area (Å²) >= 11 is 0. The van der Waals surface area contributed by atoms with Crippen LogP contribution in [-0.4, -0.2) is 28.6 Å². The molecule has 3 aromatic carbocycles. The Labute approximate surface area is 170 Å². The first-order chi connectivity index (χ1) is 13.8. The molecular weight excluding hydrogens is 390 g/mol. The normalized spacial score (nSPS) is 11.0. The van der Waals surface area contributed by atoms with Crippen molar-refractivity contribution in [1.29, 1.82) is 0 Å². The highest BCUT2D eigenvalue weighted by atomic mass is 32.2. The molecule has 0 saturated heterocycles. The van der Waals surface area contributed by atoms with Crippen LogP contribution in [-0.2, 0) is 14.8 Å². The average molecular weight is 411 g/mol. The lowest BCUT2D eigenvalue weighted by Gasteiger charge is -2.15. The van der Waals surface area contributed by atoms with Gasteiger partial charge in [0, 0.05) is 5.56 Å². The molecule has 0 unspecified atom stereocenters. The van der Waals surface area contributed by atoms with Crippen LogP contribution in [0.1, 0.15) is 15.9 Å². The first-order valence-corrected chi connectivity index (χ1v) is 10.3. The lowest BCUT2D eigenvalue weighted by Crippen LogP contribution is -2.14. The number of rotatable bonds is 6. The van der Waals surface area contributed by atoms with Crippen molar-refractivity contribution >= 4 is 21.7 Å². The van der Waals surface area contributed by atoms with Crippen LogP contribution in [0.5, 0.6) is 5.75 Å². The van der Waals surface area contributed by atoms with Gasteiger partial charge < -0.3 is 9.47 Å². The van der Waals surface area contributed by atoms with Gasteiger partial charge in [-0.1, -0.05) is 29.8 Å². The predicted octanol–water partition coefficient (Wildman–Crippen LogP) is 4.26. The van der Waals surface area contributed by atoms with Crippen molar-refractivity contribution < 1.29 is 22.7 Å². The van der Waals surface area contributed by atoms with Gasteiger partial charge in [-0.3, -0.25) is 4.72 Å². The van der Waals surface area contributed by atoms with Crippen molar-refractivity contribution in [3.8, 4) is 16.9 Å². The monoisotopic (exact) mass is 411 g/mol. The van der Waals surface area contributed by atoms with Crippen LogP contribution in [0, 0.1) is 6.92 Å². The summed E-state index contributed by atoms with van der Waals surface area (Å²) in [7, 11) is -0.944. The molecule has 7 heteroatoms. The van der Waals surface area contributed by atoms with E-state index in [0.717, 1.165) is 11.1 Å². The molecule has 0 saturated carbocycles. The molecule has 0 aromatic heterocycles. The maximum Gasteiger partial charge on any atom is 0.337 e. The molecule has 0 aliphatic heterocycles. The van der Waals surface area contributed by atoms with Crippen molar-refractivity contribution in [1.82, 2.24) is 0 Å². The first kappa shape index (κ1) is 20.4. The van der Waals surface area contributed by atoms with Crippen molar-refractivity contribution in [2.45, 2.75) is 11.8 Å². The summed E-state index contributed by atoms with van der Waals surface area (Å²) in [5.41, 5.74) is 2.90. The largest absolute Gasteiger partial charge is 0.497 e. The molecular formula is C22H21NO5S. The second kappa shape index (κ2) is 8.36. The van der Waals surface area contributed by atoms with E-state index < -0.39 is 16.0 Å². The van der Waals surface area contributed by atoms with Gasteiger partial charge in [0.05, 0.1) is 30.4 Å². The molecule has 29 heavy (non-hydrogen) atoms. The third-order valence-electron chi connectivity index (χ3n) is 4.42. The SMILES string of the molecule is COC(=O)c1ccc(NS(=O)(=O)c2ccc(C)cc2)c(-c2ccc(OC)cc2)c1. The zero-order valence-electron chi connectivity index (χ0n) is 16.3. The second-order valence-corrected chi connectivity index (χ2v) is 8.08. The summed E-state index contributed by atoms with van der Waals surface area (Å²) in [5.74, 6) is 0.160. The summed E-state index contributed by atoms with van der Waals surface area (Å²) in [6, 6.07) is 18.3. The van der Waals surface area contributed by atoms with Gasteiger partial charge in [-0.15, -0.1) is 0 Å². The fourth-order valence-corrected chi connectivity index (χ4v) is 3.89. The van der Waals surface area contributed by atoms with Crippen LogP contribution in [0.4, 0.5) is 5.69 Å². The van der Waals surface area contributed by atoms with E-state index in [2.05, 4.69) is 4.72 Å². The molecule has 6 nitrogen and oxygen atoms in total. The highest BCUT2D eigenvalue weighted by molar-refractivity contribution is 7.92. The Hall–Kier alpha value is -3.32. The average Bonchev–Trinajstić information content (AvgIpc) is 2.73. The maximum atomic E-state index is 12.8. The number of benzene rings is 3. The molecule has 0 aliphatic carbocycles. The number of methoxy groups -OCH3 is 2. The van der Waals surface area contributed by atoms with Gasteiger partial charge in [-0.05, 0) is 55.0 Å². The lowest BCUT2D eigenvalue weighted by molar-refractivity contribution is 0.0601. The zero-order chi connectivity index (χ0) is 21.0. The van der Waals surface area contributed by atoms with Gasteiger partial charge in [-0.2, -0.15) is 0 Å². The molecule has 0 heterocycles. The van der Waals surface area contributed by atoms with Gasteiger partial charge in [0.25, 0.3) is 10.0 Å². The van der Waals surface area contributed by atoms with E-state index in [1.54, 1.807) is 67.8 Å². The Morgan fingerprint density at radius 2 is 1.55 bits per heavy atom. The number of carbonyl (C=O) groups is 1. The van der Waals surface area contributed by atoms with Crippen LogP contribution in [0.3, 0.4) is 0 Å². The van der Waals surface area contributed by atoms with Crippen LogP contribution in [0.25, 0.3) is 11.1 Å². The second-order valence-electron chi connectivity index (χ2n) is 6.40. The van der Waals surface area contributed by atoms with Gasteiger partial charge in [0.2, 0.25) is 0 Å². The standard InChI is InChI=1S/C22H21NO5S/c1-15-4-11-19(12-5-15)29(25,26)23-21-13-8-17(22(24)28-3)14-20(21)16-6-9-18(27-2)10-7-16/h4-14,23H,1-3H3. The topological polar surface area (TPSA) is 81.7 Å². The van der Waals surface area contributed by atoms with E-state index in [4.69, 9.17) is 9.47 Å². The Kier molecular flexibility index (Phi) is 5.89. The number of sulfonamides is 1. The zero-order valence-corrected chi connectivity index (χ0v) is 17.1. The number of ether oxygens (including phenoxy) is 2. The number of hydrogen-bond donors (Lipinski definition) is 1. The molecule has 0 radical (unpaired) electrons. The fraction of sp³-hybridized carbons (Fsp3) is 0.136. The smallest absolute Gasteiger partial charge is 0.337 e. The lowest BCUT2D eigenvalue weighted by atomic mass is 10.0. The molecule has 150 valence electrons. The summed E-state index contributed by atoms with van der Waals surface area (Å²) in [5, 5.41) is 0. The number of esters is 1. The highest BCUT2D eigenvalue weighted by Crippen LogP contribution is 2.32. The minimum absolute atomic E-state index is 0.154. The quantitative estimate of drug-likeness (QED) is 0.613. The van der Waals surface area contributed by atoms with Crippen LogP contribution in [0.2, 0.25) is 0 Å². The molecule has 0 fully saturated rings. The molecule has 1 N–H and O–H groups in total. The van der Waals surface area contributed by atoms with Crippen molar-refractivity contribution in [3.63, 3.8) is 0 Å². The highest BCUT2D eigenvalue weighted by Gasteiger charge is 2.18. The van der Waals surface area contributed by atoms with Gasteiger partial charge in [0.1, 0.15) is 5.75 Å². The Bertz CT molecular complexity index is 1120. The number of aryl methyl sites for hydroxylation is 1. The van der Waals surface area contributed by atoms with Gasteiger partial charge in [0.15, 0.2) is 0 Å². The van der Waals surface area contributed by atoms with E-state index in [-0.39, 0.29) is 4.90 Å². The molecule has 0 atom stereocenters. The van der Waals surface area contributed by atoms with E-state index in [1.807, 2.05) is 6.92 Å². The van der Waals surface area contributed by atoms with Crippen LogP contribution >= 0.6 is 0 Å². The van der Waals surface area contributed by atoms with Crippen molar-refractivity contribution in [2.75, 3.05) is 18.9 Å². The molecule has 0 bridgehead atoms. The Morgan fingerprint density at radius 1 is 0.897 bits per heavy atom. The summed E-state index contributed by atoms with van der Waals surface area (Å²) < 4.78 is 38.3. The number of carbonyl (C=O) groups excluding carboxylic acids is 1. The van der Waals surface area contributed by atoms with Gasteiger partial charge in [-0.25, -0.2) is 13.2 Å². The summed E-state index contributed by atoms with van der Waals surface area (Å²) in [6.45, 7) is 1.89. The van der Waals surface area contributed by atoms with Gasteiger partial charge >= 0.3 is 5.97 Å². The number of hydrogen-bond acceptors (Lipinski definition) is 5. The fourth-order valence-electron chi connectivity index (χ4n) is 2.81. The van der Waals surface area contributed by atoms with Crippen LogP contribution in [0.15, 0.2) is 71.6 Å². The Balaban J connectivity index is 2.07. The third kappa shape index (κ3) is 4.57. The minimum Gasteiger partial charge on any atom is -0.497 e. The minimum atomic E-state index is -3.80. The number of anilines is 1. The molecule has 3 rings (SSSR count). The molecule has 3 aromatic rings. The number of nitrogens with one attached hydrogen (secondary N) is 1. The molecule has 0 aliphatic rings. The van der Waals surface area contributed by atoms with E-state index in [9.17, 15) is 13.2 Å². The van der Waals surface area contributed by atoms with E-state index in [1.165, 1.54) is 13.2 Å². The third-order valence-corrected chi connectivity index (χ3v) is 5.80. The van der Waals surface area contributed by atoms with E-state index in [0.29, 0.717) is 22.6 Å². The predicted molar refractivity (Wildman–Crippen MR) is 112 cm³/mol.